The number of hydrogen-bond acceptors (Lipinski definition) is 4. The average molecular weight is 225 g/mol. The van der Waals surface area contributed by atoms with Crippen molar-refractivity contribution in [2.75, 3.05) is 20.7 Å². The number of carbonyl (C=O) groups excluding carboxylic acids is 2. The summed E-state index contributed by atoms with van der Waals surface area (Å²) in [5.74, 6) is -0.673. The van der Waals surface area contributed by atoms with Gasteiger partial charge in [0.1, 0.15) is 0 Å². The van der Waals surface area contributed by atoms with Crippen molar-refractivity contribution in [1.29, 1.82) is 0 Å². The number of esters is 1. The van der Waals surface area contributed by atoms with Crippen molar-refractivity contribution in [1.82, 2.24) is 4.90 Å². The van der Waals surface area contributed by atoms with Gasteiger partial charge < -0.3 is 14.1 Å². The Morgan fingerprint density at radius 3 is 2.75 bits per heavy atom. The summed E-state index contributed by atoms with van der Waals surface area (Å²) in [6.45, 7) is 2.00. The van der Waals surface area contributed by atoms with Gasteiger partial charge in [-0.1, -0.05) is 6.92 Å². The SMILES string of the molecule is COC(=O)C(C)CN(C)C(=O)c1ccco1. The summed E-state index contributed by atoms with van der Waals surface area (Å²) in [6.07, 6.45) is 1.44. The minimum Gasteiger partial charge on any atom is -0.469 e. The van der Waals surface area contributed by atoms with Crippen LogP contribution in [0.2, 0.25) is 0 Å². The van der Waals surface area contributed by atoms with Crippen LogP contribution >= 0.6 is 0 Å². The lowest BCUT2D eigenvalue weighted by Crippen LogP contribution is -2.33. The molecule has 88 valence electrons. The third-order valence-electron chi connectivity index (χ3n) is 2.23. The van der Waals surface area contributed by atoms with Crippen LogP contribution in [0.5, 0.6) is 0 Å². The molecule has 0 saturated carbocycles. The van der Waals surface area contributed by atoms with E-state index in [1.807, 2.05) is 0 Å². The van der Waals surface area contributed by atoms with Crippen LogP contribution in [0.15, 0.2) is 22.8 Å². The second-order valence-electron chi connectivity index (χ2n) is 3.59. The first-order chi connectivity index (χ1) is 7.56. The number of carbonyl (C=O) groups is 2. The average Bonchev–Trinajstić information content (AvgIpc) is 2.79. The van der Waals surface area contributed by atoms with E-state index in [9.17, 15) is 9.59 Å². The predicted molar refractivity (Wildman–Crippen MR) is 56.8 cm³/mol. The van der Waals surface area contributed by atoms with Gasteiger partial charge in [0.15, 0.2) is 5.76 Å². The maximum absolute atomic E-state index is 11.7. The van der Waals surface area contributed by atoms with Gasteiger partial charge in [-0.3, -0.25) is 9.59 Å². The molecule has 1 rings (SSSR count). The van der Waals surface area contributed by atoms with E-state index in [0.29, 0.717) is 6.54 Å². The van der Waals surface area contributed by atoms with Crippen molar-refractivity contribution in [2.45, 2.75) is 6.92 Å². The normalized spacial score (nSPS) is 11.9. The highest BCUT2D eigenvalue weighted by atomic mass is 16.5. The van der Waals surface area contributed by atoms with Gasteiger partial charge in [0, 0.05) is 13.6 Å². The number of rotatable bonds is 4. The first-order valence-corrected chi connectivity index (χ1v) is 4.93. The lowest BCUT2D eigenvalue weighted by Gasteiger charge is -2.18. The smallest absolute Gasteiger partial charge is 0.310 e. The molecule has 0 N–H and O–H groups in total. The molecule has 0 bridgehead atoms. The van der Waals surface area contributed by atoms with E-state index in [0.717, 1.165) is 0 Å². The second kappa shape index (κ2) is 5.34. The Kier molecular flexibility index (Phi) is 4.10. The summed E-state index contributed by atoms with van der Waals surface area (Å²) in [7, 11) is 2.94. The molecular weight excluding hydrogens is 210 g/mol. The predicted octanol–water partition coefficient (Wildman–Crippen LogP) is 1.16. The standard InChI is InChI=1S/C11H15NO4/c1-8(11(14)15-3)7-12(2)10(13)9-5-4-6-16-9/h4-6,8H,7H2,1-3H3. The van der Waals surface area contributed by atoms with Gasteiger partial charge in [0.25, 0.3) is 5.91 Å². The van der Waals surface area contributed by atoms with Crippen molar-refractivity contribution in [3.8, 4) is 0 Å². The molecule has 0 aromatic carbocycles. The largest absolute Gasteiger partial charge is 0.469 e. The molecule has 0 saturated heterocycles. The lowest BCUT2D eigenvalue weighted by atomic mass is 10.1. The Bertz CT molecular complexity index is 358. The van der Waals surface area contributed by atoms with Crippen molar-refractivity contribution in [3.05, 3.63) is 24.2 Å². The van der Waals surface area contributed by atoms with Gasteiger partial charge in [-0.25, -0.2) is 0 Å². The molecule has 0 aliphatic heterocycles. The molecule has 0 spiro atoms. The van der Waals surface area contributed by atoms with Crippen molar-refractivity contribution >= 4 is 11.9 Å². The molecule has 1 heterocycles. The summed E-state index contributed by atoms with van der Waals surface area (Å²) in [5, 5.41) is 0. The topological polar surface area (TPSA) is 59.8 Å². The van der Waals surface area contributed by atoms with Gasteiger partial charge in [-0.15, -0.1) is 0 Å². The van der Waals surface area contributed by atoms with Crippen LogP contribution < -0.4 is 0 Å². The van der Waals surface area contributed by atoms with Crippen molar-refractivity contribution in [2.24, 2.45) is 5.92 Å². The maximum Gasteiger partial charge on any atom is 0.310 e. The zero-order chi connectivity index (χ0) is 12.1. The zero-order valence-corrected chi connectivity index (χ0v) is 9.60. The van der Waals surface area contributed by atoms with E-state index < -0.39 is 0 Å². The van der Waals surface area contributed by atoms with E-state index in [4.69, 9.17) is 4.42 Å². The van der Waals surface area contributed by atoms with Crippen molar-refractivity contribution < 1.29 is 18.7 Å². The first-order valence-electron chi connectivity index (χ1n) is 4.93. The summed E-state index contributed by atoms with van der Waals surface area (Å²) in [6, 6.07) is 3.23. The number of furan rings is 1. The van der Waals surface area contributed by atoms with E-state index in [2.05, 4.69) is 4.74 Å². The third-order valence-corrected chi connectivity index (χ3v) is 2.23. The van der Waals surface area contributed by atoms with Gasteiger partial charge in [-0.2, -0.15) is 0 Å². The number of ether oxygens (including phenoxy) is 1. The van der Waals surface area contributed by atoms with Crippen LogP contribution in [-0.4, -0.2) is 37.5 Å². The van der Waals surface area contributed by atoms with Crippen LogP contribution in [-0.2, 0) is 9.53 Å². The van der Waals surface area contributed by atoms with Crippen LogP contribution in [0, 0.1) is 5.92 Å². The number of methoxy groups -OCH3 is 1. The molecular formula is C11H15NO4. The van der Waals surface area contributed by atoms with E-state index >= 15 is 0 Å². The van der Waals surface area contributed by atoms with E-state index in [1.54, 1.807) is 26.1 Å². The summed E-state index contributed by atoms with van der Waals surface area (Å²) >= 11 is 0. The quantitative estimate of drug-likeness (QED) is 0.721. The van der Waals surface area contributed by atoms with E-state index in [-0.39, 0.29) is 23.6 Å². The monoisotopic (exact) mass is 225 g/mol. The fourth-order valence-electron chi connectivity index (χ4n) is 1.36. The molecule has 1 unspecified atom stereocenters. The van der Waals surface area contributed by atoms with Crippen LogP contribution in [0.4, 0.5) is 0 Å². The Balaban J connectivity index is 2.56. The maximum atomic E-state index is 11.7. The Morgan fingerprint density at radius 2 is 2.25 bits per heavy atom. The Hall–Kier alpha value is -1.78. The fourth-order valence-corrected chi connectivity index (χ4v) is 1.36. The molecule has 0 fully saturated rings. The second-order valence-corrected chi connectivity index (χ2v) is 3.59. The minimum absolute atomic E-state index is 0.249. The molecule has 5 nitrogen and oxygen atoms in total. The molecule has 5 heteroatoms. The first kappa shape index (κ1) is 12.3. The highest BCUT2D eigenvalue weighted by molar-refractivity contribution is 5.91. The fraction of sp³-hybridized carbons (Fsp3) is 0.455. The van der Waals surface area contributed by atoms with Crippen molar-refractivity contribution in [3.63, 3.8) is 0 Å². The zero-order valence-electron chi connectivity index (χ0n) is 9.60. The molecule has 0 radical (unpaired) electrons. The summed E-state index contributed by atoms with van der Waals surface area (Å²) in [5.41, 5.74) is 0. The molecule has 1 aromatic rings. The number of hydrogen-bond donors (Lipinski definition) is 0. The summed E-state index contributed by atoms with van der Waals surface area (Å²) in [4.78, 5) is 24.3. The van der Waals surface area contributed by atoms with Crippen LogP contribution in [0.25, 0.3) is 0 Å². The van der Waals surface area contributed by atoms with E-state index in [1.165, 1.54) is 18.3 Å². The highest BCUT2D eigenvalue weighted by Crippen LogP contribution is 2.07. The molecule has 0 aliphatic rings. The minimum atomic E-state index is -0.353. The molecule has 1 atom stereocenters. The Labute approximate surface area is 94.0 Å². The number of nitrogens with zero attached hydrogens (tertiary/aromatic N) is 1. The molecule has 0 aliphatic carbocycles. The van der Waals surface area contributed by atoms with Gasteiger partial charge in [0.05, 0.1) is 19.3 Å². The Morgan fingerprint density at radius 1 is 1.56 bits per heavy atom. The van der Waals surface area contributed by atoms with Gasteiger partial charge in [0.2, 0.25) is 0 Å². The highest BCUT2D eigenvalue weighted by Gasteiger charge is 2.20. The summed E-state index contributed by atoms with van der Waals surface area (Å²) < 4.78 is 9.56. The number of amides is 1. The molecule has 16 heavy (non-hydrogen) atoms. The molecule has 1 aromatic heterocycles. The van der Waals surface area contributed by atoms with Gasteiger partial charge in [-0.05, 0) is 12.1 Å². The molecule has 1 amide bonds. The van der Waals surface area contributed by atoms with Crippen LogP contribution in [0.1, 0.15) is 17.5 Å². The van der Waals surface area contributed by atoms with Gasteiger partial charge >= 0.3 is 5.97 Å². The lowest BCUT2D eigenvalue weighted by molar-refractivity contribution is -0.145. The van der Waals surface area contributed by atoms with Crippen LogP contribution in [0.3, 0.4) is 0 Å². The third kappa shape index (κ3) is 2.85.